The standard InChI is InChI=1S/C14H18ClNO/c1-11-4-5-13(12(8-11)9-15)17-7-6-14(2,3)10-16/h4-5,8H,6-7,9H2,1-3H3. The lowest BCUT2D eigenvalue weighted by atomic mass is 9.92. The summed E-state index contributed by atoms with van der Waals surface area (Å²) in [5.74, 6) is 1.26. The lowest BCUT2D eigenvalue weighted by molar-refractivity contribution is 0.263. The Morgan fingerprint density at radius 2 is 2.12 bits per heavy atom. The van der Waals surface area contributed by atoms with Crippen molar-refractivity contribution in [3.8, 4) is 11.8 Å². The Kier molecular flexibility index (Phi) is 4.84. The molecule has 0 saturated heterocycles. The van der Waals surface area contributed by atoms with Gasteiger partial charge in [-0.2, -0.15) is 5.26 Å². The van der Waals surface area contributed by atoms with Crippen molar-refractivity contribution in [2.75, 3.05) is 6.61 Å². The van der Waals surface area contributed by atoms with Crippen LogP contribution < -0.4 is 4.74 Å². The highest BCUT2D eigenvalue weighted by Crippen LogP contribution is 2.24. The van der Waals surface area contributed by atoms with Crippen LogP contribution in [0, 0.1) is 23.7 Å². The first-order valence-corrected chi connectivity index (χ1v) is 6.21. The van der Waals surface area contributed by atoms with Gasteiger partial charge >= 0.3 is 0 Å². The number of hydrogen-bond donors (Lipinski definition) is 0. The van der Waals surface area contributed by atoms with Crippen LogP contribution in [0.3, 0.4) is 0 Å². The molecule has 0 radical (unpaired) electrons. The van der Waals surface area contributed by atoms with Crippen molar-refractivity contribution in [1.82, 2.24) is 0 Å². The summed E-state index contributed by atoms with van der Waals surface area (Å²) in [5, 5.41) is 8.90. The Morgan fingerprint density at radius 3 is 2.71 bits per heavy atom. The number of halogens is 1. The minimum Gasteiger partial charge on any atom is -0.493 e. The van der Waals surface area contributed by atoms with E-state index in [9.17, 15) is 0 Å². The number of aryl methyl sites for hydroxylation is 1. The molecule has 0 aliphatic rings. The van der Waals surface area contributed by atoms with Gasteiger partial charge in [0.05, 0.1) is 24.0 Å². The summed E-state index contributed by atoms with van der Waals surface area (Å²) >= 11 is 5.87. The molecule has 0 unspecified atom stereocenters. The number of alkyl halides is 1. The fraction of sp³-hybridized carbons (Fsp3) is 0.500. The number of rotatable bonds is 5. The van der Waals surface area contributed by atoms with Crippen molar-refractivity contribution >= 4 is 11.6 Å². The Morgan fingerprint density at radius 1 is 1.41 bits per heavy atom. The zero-order valence-corrected chi connectivity index (χ0v) is 11.3. The molecule has 3 heteroatoms. The van der Waals surface area contributed by atoms with E-state index in [2.05, 4.69) is 6.07 Å². The summed E-state index contributed by atoms with van der Waals surface area (Å²) in [6.07, 6.45) is 0.707. The topological polar surface area (TPSA) is 33.0 Å². The first-order chi connectivity index (χ1) is 7.98. The molecule has 0 bridgehead atoms. The summed E-state index contributed by atoms with van der Waals surface area (Å²) < 4.78 is 5.69. The molecule has 1 aromatic carbocycles. The minimum atomic E-state index is -0.341. The van der Waals surface area contributed by atoms with E-state index < -0.39 is 0 Å². The van der Waals surface area contributed by atoms with Crippen LogP contribution in [-0.2, 0) is 5.88 Å². The molecule has 0 atom stereocenters. The summed E-state index contributed by atoms with van der Waals surface area (Å²) in [6.45, 7) is 6.38. The second kappa shape index (κ2) is 5.93. The molecular weight excluding hydrogens is 234 g/mol. The number of nitrogens with zero attached hydrogens (tertiary/aromatic N) is 1. The molecule has 17 heavy (non-hydrogen) atoms. The van der Waals surface area contributed by atoms with Crippen LogP contribution in [-0.4, -0.2) is 6.61 Å². The van der Waals surface area contributed by atoms with E-state index in [0.717, 1.165) is 11.3 Å². The molecule has 0 spiro atoms. The summed E-state index contributed by atoms with van der Waals surface area (Å²) in [6, 6.07) is 8.22. The van der Waals surface area contributed by atoms with Gasteiger partial charge in [-0.3, -0.25) is 0 Å². The van der Waals surface area contributed by atoms with Crippen LogP contribution >= 0.6 is 11.6 Å². The minimum absolute atomic E-state index is 0.341. The van der Waals surface area contributed by atoms with Crippen LogP contribution in [0.1, 0.15) is 31.4 Å². The molecule has 0 amide bonds. The Bertz CT molecular complexity index is 421. The van der Waals surface area contributed by atoms with Crippen molar-refractivity contribution < 1.29 is 4.74 Å². The molecule has 2 nitrogen and oxygen atoms in total. The van der Waals surface area contributed by atoms with Gasteiger partial charge in [-0.05, 0) is 33.3 Å². The molecule has 92 valence electrons. The van der Waals surface area contributed by atoms with E-state index in [1.54, 1.807) is 0 Å². The van der Waals surface area contributed by atoms with Gasteiger partial charge in [-0.1, -0.05) is 17.7 Å². The third-order valence-electron chi connectivity index (χ3n) is 2.65. The predicted molar refractivity (Wildman–Crippen MR) is 70.2 cm³/mol. The normalized spacial score (nSPS) is 11.0. The van der Waals surface area contributed by atoms with Crippen molar-refractivity contribution in [2.24, 2.45) is 5.41 Å². The van der Waals surface area contributed by atoms with Gasteiger partial charge in [-0.25, -0.2) is 0 Å². The van der Waals surface area contributed by atoms with E-state index in [1.165, 1.54) is 5.56 Å². The van der Waals surface area contributed by atoms with E-state index in [-0.39, 0.29) is 5.41 Å². The number of hydrogen-bond acceptors (Lipinski definition) is 2. The molecule has 0 N–H and O–H groups in total. The average Bonchev–Trinajstić information content (AvgIpc) is 2.30. The summed E-state index contributed by atoms with van der Waals surface area (Å²) in [7, 11) is 0. The second-order valence-corrected chi connectivity index (χ2v) is 5.11. The third-order valence-corrected chi connectivity index (χ3v) is 2.94. The first kappa shape index (κ1) is 13.9. The molecular formula is C14H18ClNO. The Labute approximate surface area is 108 Å². The van der Waals surface area contributed by atoms with E-state index in [1.807, 2.05) is 39.0 Å². The van der Waals surface area contributed by atoms with E-state index in [4.69, 9.17) is 21.6 Å². The molecule has 1 aromatic rings. The van der Waals surface area contributed by atoms with Crippen molar-refractivity contribution in [2.45, 2.75) is 33.1 Å². The predicted octanol–water partition coefficient (Wildman–Crippen LogP) is 4.05. The van der Waals surface area contributed by atoms with Gasteiger partial charge in [0.1, 0.15) is 5.75 Å². The maximum atomic E-state index is 8.90. The molecule has 1 rings (SSSR count). The molecule has 0 heterocycles. The SMILES string of the molecule is Cc1ccc(OCCC(C)(C)C#N)c(CCl)c1. The van der Waals surface area contributed by atoms with Crippen molar-refractivity contribution in [3.63, 3.8) is 0 Å². The van der Waals surface area contributed by atoms with E-state index in [0.29, 0.717) is 18.9 Å². The maximum Gasteiger partial charge on any atom is 0.123 e. The lowest BCUT2D eigenvalue weighted by Gasteiger charge is -2.16. The Hall–Kier alpha value is -1.20. The van der Waals surface area contributed by atoms with Crippen molar-refractivity contribution in [3.05, 3.63) is 29.3 Å². The average molecular weight is 252 g/mol. The van der Waals surface area contributed by atoms with Gasteiger partial charge < -0.3 is 4.74 Å². The molecule has 0 aromatic heterocycles. The smallest absolute Gasteiger partial charge is 0.123 e. The number of ether oxygens (including phenoxy) is 1. The highest BCUT2D eigenvalue weighted by molar-refractivity contribution is 6.17. The highest BCUT2D eigenvalue weighted by atomic mass is 35.5. The monoisotopic (exact) mass is 251 g/mol. The van der Waals surface area contributed by atoms with Gasteiger partial charge in [0.2, 0.25) is 0 Å². The van der Waals surface area contributed by atoms with Crippen LogP contribution in [0.4, 0.5) is 0 Å². The molecule has 0 aliphatic carbocycles. The van der Waals surface area contributed by atoms with Crippen molar-refractivity contribution in [1.29, 1.82) is 5.26 Å². The summed E-state index contributed by atoms with van der Waals surface area (Å²) in [5.41, 5.74) is 1.83. The van der Waals surface area contributed by atoms with Gasteiger partial charge in [0, 0.05) is 5.56 Å². The lowest BCUT2D eigenvalue weighted by Crippen LogP contribution is -2.13. The quantitative estimate of drug-likeness (QED) is 0.740. The van der Waals surface area contributed by atoms with Crippen LogP contribution in [0.25, 0.3) is 0 Å². The molecule has 0 saturated carbocycles. The maximum absolute atomic E-state index is 8.90. The van der Waals surface area contributed by atoms with E-state index >= 15 is 0 Å². The van der Waals surface area contributed by atoms with Gasteiger partial charge in [0.25, 0.3) is 0 Å². The van der Waals surface area contributed by atoms with Crippen LogP contribution in [0.15, 0.2) is 18.2 Å². The largest absolute Gasteiger partial charge is 0.493 e. The molecule has 0 fully saturated rings. The van der Waals surface area contributed by atoms with Gasteiger partial charge in [-0.15, -0.1) is 11.6 Å². The summed E-state index contributed by atoms with van der Waals surface area (Å²) in [4.78, 5) is 0. The van der Waals surface area contributed by atoms with Gasteiger partial charge in [0.15, 0.2) is 0 Å². The fourth-order valence-corrected chi connectivity index (χ4v) is 1.63. The highest BCUT2D eigenvalue weighted by Gasteiger charge is 2.16. The first-order valence-electron chi connectivity index (χ1n) is 5.68. The number of benzene rings is 1. The Balaban J connectivity index is 2.61. The zero-order chi connectivity index (χ0) is 12.9. The molecule has 0 aliphatic heterocycles. The third kappa shape index (κ3) is 4.28. The van der Waals surface area contributed by atoms with Crippen LogP contribution in [0.5, 0.6) is 5.75 Å². The fourth-order valence-electron chi connectivity index (χ4n) is 1.43. The second-order valence-electron chi connectivity index (χ2n) is 4.84. The zero-order valence-electron chi connectivity index (χ0n) is 10.6. The van der Waals surface area contributed by atoms with Crippen LogP contribution in [0.2, 0.25) is 0 Å². The number of nitriles is 1.